The summed E-state index contributed by atoms with van der Waals surface area (Å²) in [7, 11) is 0. The second-order valence-corrected chi connectivity index (χ2v) is 6.11. The molecule has 1 atom stereocenters. The predicted octanol–water partition coefficient (Wildman–Crippen LogP) is 4.03. The number of hydrogen-bond donors (Lipinski definition) is 0. The Hall–Kier alpha value is -1.10. The van der Waals surface area contributed by atoms with Gasteiger partial charge in [0, 0.05) is 17.5 Å². The molecule has 0 bridgehead atoms. The van der Waals surface area contributed by atoms with Crippen molar-refractivity contribution < 1.29 is 9.53 Å². The average Bonchev–Trinajstić information content (AvgIpc) is 2.81. The summed E-state index contributed by atoms with van der Waals surface area (Å²) in [5, 5.41) is 0.938. The Morgan fingerprint density at radius 2 is 2.10 bits per heavy atom. The van der Waals surface area contributed by atoms with Gasteiger partial charge in [-0.3, -0.25) is 0 Å². The van der Waals surface area contributed by atoms with E-state index in [-0.39, 0.29) is 5.97 Å². The van der Waals surface area contributed by atoms with E-state index in [1.54, 1.807) is 11.3 Å². The summed E-state index contributed by atoms with van der Waals surface area (Å²) in [6.07, 6.45) is 3.36. The third-order valence-electron chi connectivity index (χ3n) is 3.38. The molecule has 0 radical (unpaired) electrons. The van der Waals surface area contributed by atoms with Crippen LogP contribution in [0.4, 0.5) is 5.13 Å². The van der Waals surface area contributed by atoms with Gasteiger partial charge < -0.3 is 9.64 Å². The average molecular weight is 298 g/mol. The lowest BCUT2D eigenvalue weighted by Crippen LogP contribution is -2.33. The topological polar surface area (TPSA) is 42.4 Å². The lowest BCUT2D eigenvalue weighted by molar-refractivity contribution is 0.0519. The molecule has 0 aliphatic carbocycles. The minimum atomic E-state index is -0.313. The van der Waals surface area contributed by atoms with Crippen molar-refractivity contribution in [2.75, 3.05) is 18.1 Å². The van der Waals surface area contributed by atoms with Crippen LogP contribution in [0.5, 0.6) is 0 Å². The van der Waals surface area contributed by atoms with E-state index in [0.29, 0.717) is 18.3 Å². The van der Waals surface area contributed by atoms with E-state index in [2.05, 4.69) is 30.7 Å². The molecule has 5 heteroatoms. The van der Waals surface area contributed by atoms with Crippen LogP contribution in [0.3, 0.4) is 0 Å². The maximum Gasteiger partial charge on any atom is 0.358 e. The molecule has 4 nitrogen and oxygen atoms in total. The third-order valence-corrected chi connectivity index (χ3v) is 4.38. The van der Waals surface area contributed by atoms with E-state index < -0.39 is 0 Å². The van der Waals surface area contributed by atoms with Crippen molar-refractivity contribution in [1.29, 1.82) is 0 Å². The van der Waals surface area contributed by atoms with E-state index in [1.165, 1.54) is 0 Å². The van der Waals surface area contributed by atoms with Gasteiger partial charge in [-0.15, -0.1) is 11.3 Å². The Balaban J connectivity index is 2.96. The standard InChI is InChI=1S/C15H26N2O2S/c1-6-9-10-17(11(4)7-2)15-16-13(12(5)20-15)14(18)19-8-3/h11H,6-10H2,1-5H3. The molecular formula is C15H26N2O2S. The number of hydrogen-bond acceptors (Lipinski definition) is 5. The maximum absolute atomic E-state index is 11.9. The summed E-state index contributed by atoms with van der Waals surface area (Å²) in [6, 6.07) is 0.433. The van der Waals surface area contributed by atoms with Crippen molar-refractivity contribution in [2.24, 2.45) is 0 Å². The van der Waals surface area contributed by atoms with E-state index in [9.17, 15) is 4.79 Å². The minimum Gasteiger partial charge on any atom is -0.461 e. The Morgan fingerprint density at radius 1 is 1.40 bits per heavy atom. The molecule has 0 aromatic carbocycles. The number of carbonyl (C=O) groups excluding carboxylic acids is 1. The second kappa shape index (κ2) is 8.25. The highest BCUT2D eigenvalue weighted by molar-refractivity contribution is 7.15. The highest BCUT2D eigenvalue weighted by Crippen LogP contribution is 2.28. The van der Waals surface area contributed by atoms with Crippen molar-refractivity contribution in [2.45, 2.75) is 59.9 Å². The number of ether oxygens (including phenoxy) is 1. The first-order chi connectivity index (χ1) is 9.54. The molecule has 0 spiro atoms. The lowest BCUT2D eigenvalue weighted by Gasteiger charge is -2.28. The van der Waals surface area contributed by atoms with Crippen LogP contribution in [0.15, 0.2) is 0 Å². The van der Waals surface area contributed by atoms with Crippen LogP contribution in [-0.2, 0) is 4.74 Å². The highest BCUT2D eigenvalue weighted by atomic mass is 32.1. The fraction of sp³-hybridized carbons (Fsp3) is 0.733. The van der Waals surface area contributed by atoms with E-state index in [0.717, 1.165) is 35.8 Å². The number of nitrogens with zero attached hydrogens (tertiary/aromatic N) is 2. The van der Waals surface area contributed by atoms with Crippen molar-refractivity contribution in [3.05, 3.63) is 10.6 Å². The molecule has 0 amide bonds. The summed E-state index contributed by atoms with van der Waals surface area (Å²) in [5.41, 5.74) is 0.469. The number of unbranched alkanes of at least 4 members (excludes halogenated alkanes) is 1. The van der Waals surface area contributed by atoms with Crippen LogP contribution in [0.2, 0.25) is 0 Å². The van der Waals surface area contributed by atoms with Gasteiger partial charge >= 0.3 is 5.97 Å². The minimum absolute atomic E-state index is 0.313. The fourth-order valence-electron chi connectivity index (χ4n) is 1.95. The van der Waals surface area contributed by atoms with E-state index in [1.807, 2.05) is 13.8 Å². The van der Waals surface area contributed by atoms with Crippen LogP contribution < -0.4 is 4.90 Å². The number of carbonyl (C=O) groups is 1. The number of aromatic nitrogens is 1. The molecular weight excluding hydrogens is 272 g/mol. The Morgan fingerprint density at radius 3 is 2.65 bits per heavy atom. The Labute approximate surface area is 126 Å². The lowest BCUT2D eigenvalue weighted by atomic mass is 10.2. The van der Waals surface area contributed by atoms with Crippen LogP contribution in [0.1, 0.15) is 62.3 Å². The van der Waals surface area contributed by atoms with Crippen LogP contribution in [0, 0.1) is 6.92 Å². The molecule has 1 aromatic rings. The number of rotatable bonds is 8. The first-order valence-electron chi connectivity index (χ1n) is 7.46. The number of esters is 1. The predicted molar refractivity (Wildman–Crippen MR) is 84.8 cm³/mol. The van der Waals surface area contributed by atoms with Crippen LogP contribution >= 0.6 is 11.3 Å². The van der Waals surface area contributed by atoms with E-state index >= 15 is 0 Å². The summed E-state index contributed by atoms with van der Waals surface area (Å²) in [5.74, 6) is -0.313. The van der Waals surface area contributed by atoms with Crippen molar-refractivity contribution in [3.8, 4) is 0 Å². The summed E-state index contributed by atoms with van der Waals surface area (Å²) < 4.78 is 5.06. The van der Waals surface area contributed by atoms with Gasteiger partial charge in [0.15, 0.2) is 10.8 Å². The smallest absolute Gasteiger partial charge is 0.358 e. The zero-order valence-corrected chi connectivity index (χ0v) is 14.0. The van der Waals surface area contributed by atoms with Crippen LogP contribution in [-0.4, -0.2) is 30.1 Å². The largest absolute Gasteiger partial charge is 0.461 e. The quantitative estimate of drug-likeness (QED) is 0.679. The molecule has 20 heavy (non-hydrogen) atoms. The van der Waals surface area contributed by atoms with E-state index in [4.69, 9.17) is 4.74 Å². The van der Waals surface area contributed by atoms with Gasteiger partial charge in [-0.2, -0.15) is 0 Å². The zero-order valence-electron chi connectivity index (χ0n) is 13.2. The summed E-state index contributed by atoms with van der Waals surface area (Å²) in [6.45, 7) is 11.7. The zero-order chi connectivity index (χ0) is 15.1. The molecule has 0 N–H and O–H groups in total. The van der Waals surface area contributed by atoms with Gasteiger partial charge in [0.25, 0.3) is 0 Å². The first-order valence-corrected chi connectivity index (χ1v) is 8.27. The first kappa shape index (κ1) is 17.0. The highest BCUT2D eigenvalue weighted by Gasteiger charge is 2.21. The van der Waals surface area contributed by atoms with Gasteiger partial charge in [-0.05, 0) is 33.6 Å². The molecule has 0 aliphatic rings. The number of thiazole rings is 1. The molecule has 0 aliphatic heterocycles. The summed E-state index contributed by atoms with van der Waals surface area (Å²) in [4.78, 5) is 19.6. The molecule has 114 valence electrons. The summed E-state index contributed by atoms with van der Waals surface area (Å²) >= 11 is 1.58. The molecule has 0 saturated heterocycles. The number of aryl methyl sites for hydroxylation is 1. The van der Waals surface area contributed by atoms with Gasteiger partial charge in [0.1, 0.15) is 0 Å². The Kier molecular flexibility index (Phi) is 6.99. The van der Waals surface area contributed by atoms with Crippen molar-refractivity contribution >= 4 is 22.4 Å². The normalized spacial score (nSPS) is 12.2. The fourth-order valence-corrected chi connectivity index (χ4v) is 2.97. The van der Waals surface area contributed by atoms with Gasteiger partial charge in [-0.25, -0.2) is 9.78 Å². The Bertz CT molecular complexity index is 432. The van der Waals surface area contributed by atoms with Gasteiger partial charge in [-0.1, -0.05) is 20.3 Å². The molecule has 1 aromatic heterocycles. The molecule has 1 rings (SSSR count). The molecule has 0 saturated carbocycles. The third kappa shape index (κ3) is 4.20. The molecule has 1 unspecified atom stereocenters. The van der Waals surface area contributed by atoms with Crippen molar-refractivity contribution in [3.63, 3.8) is 0 Å². The monoisotopic (exact) mass is 298 g/mol. The maximum atomic E-state index is 11.9. The second-order valence-electron chi connectivity index (χ2n) is 4.93. The van der Waals surface area contributed by atoms with Gasteiger partial charge in [0.2, 0.25) is 0 Å². The number of anilines is 1. The molecule has 0 fully saturated rings. The SMILES string of the molecule is CCCCN(c1nc(C(=O)OCC)c(C)s1)C(C)CC. The van der Waals surface area contributed by atoms with Gasteiger partial charge in [0.05, 0.1) is 6.61 Å². The van der Waals surface area contributed by atoms with Crippen molar-refractivity contribution in [1.82, 2.24) is 4.98 Å². The molecule has 1 heterocycles. The van der Waals surface area contributed by atoms with Crippen LogP contribution in [0.25, 0.3) is 0 Å².